The Bertz CT molecular complexity index is 877. The second-order valence-corrected chi connectivity index (χ2v) is 6.98. The van der Waals surface area contributed by atoms with Crippen LogP contribution in [0.15, 0.2) is 53.4 Å². The zero-order valence-electron chi connectivity index (χ0n) is 15.3. The third kappa shape index (κ3) is 5.31. The number of nitrogens with one attached hydrogen (secondary N) is 1. The van der Waals surface area contributed by atoms with E-state index >= 15 is 0 Å². The Labute approximate surface area is 163 Å². The van der Waals surface area contributed by atoms with Crippen LogP contribution in [0, 0.1) is 0 Å². The Morgan fingerprint density at radius 2 is 2.04 bits per heavy atom. The van der Waals surface area contributed by atoms with Gasteiger partial charge in [0, 0.05) is 16.6 Å². The van der Waals surface area contributed by atoms with Crippen molar-refractivity contribution in [1.29, 1.82) is 0 Å². The highest BCUT2D eigenvalue weighted by Gasteiger charge is 2.08. The van der Waals surface area contributed by atoms with Gasteiger partial charge in [-0.05, 0) is 48.7 Å². The number of hydrogen-bond donors (Lipinski definition) is 2. The topological polar surface area (TPSA) is 77.2 Å². The van der Waals surface area contributed by atoms with Crippen molar-refractivity contribution in [2.45, 2.75) is 26.2 Å². The Balaban J connectivity index is 1.53. The lowest BCUT2D eigenvalue weighted by Gasteiger charge is -2.11. The highest BCUT2D eigenvalue weighted by atomic mass is 32.1. The predicted octanol–water partition coefficient (Wildman–Crippen LogP) is 4.75. The number of unbranched alkanes of at least 4 members (excludes halogenated alkanes) is 1. The highest BCUT2D eigenvalue weighted by molar-refractivity contribution is 7.07. The molecule has 5 nitrogen and oxygen atoms in total. The van der Waals surface area contributed by atoms with Crippen molar-refractivity contribution in [2.24, 2.45) is 0 Å². The molecule has 3 rings (SSSR count). The van der Waals surface area contributed by atoms with Crippen LogP contribution in [0.25, 0.3) is 11.3 Å². The third-order valence-electron chi connectivity index (χ3n) is 4.15. The van der Waals surface area contributed by atoms with Gasteiger partial charge in [0.25, 0.3) is 5.91 Å². The minimum absolute atomic E-state index is 0.0994. The number of anilines is 2. The lowest BCUT2D eigenvalue weighted by atomic mass is 10.1. The van der Waals surface area contributed by atoms with Crippen LogP contribution in [-0.2, 0) is 11.2 Å². The van der Waals surface area contributed by atoms with Gasteiger partial charge >= 0.3 is 0 Å². The van der Waals surface area contributed by atoms with E-state index in [4.69, 9.17) is 10.5 Å². The maximum atomic E-state index is 12.1. The number of nitrogens with zero attached hydrogens (tertiary/aromatic N) is 1. The summed E-state index contributed by atoms with van der Waals surface area (Å²) in [7, 11) is 0. The van der Waals surface area contributed by atoms with Gasteiger partial charge in [-0.2, -0.15) is 0 Å². The molecule has 0 saturated carbocycles. The molecule has 0 atom stereocenters. The minimum atomic E-state index is -0.223. The van der Waals surface area contributed by atoms with Gasteiger partial charge in [0.1, 0.15) is 5.75 Å². The van der Waals surface area contributed by atoms with Crippen molar-refractivity contribution in [3.63, 3.8) is 0 Å². The van der Waals surface area contributed by atoms with Gasteiger partial charge in [0.05, 0.1) is 16.9 Å². The maximum Gasteiger partial charge on any atom is 0.262 e. The molecule has 3 aromatic rings. The molecule has 0 bridgehead atoms. The van der Waals surface area contributed by atoms with E-state index in [9.17, 15) is 4.79 Å². The summed E-state index contributed by atoms with van der Waals surface area (Å²) in [4.78, 5) is 16.4. The van der Waals surface area contributed by atoms with Crippen molar-refractivity contribution in [3.8, 4) is 17.0 Å². The summed E-state index contributed by atoms with van der Waals surface area (Å²) in [6.07, 6.45) is 3.40. The van der Waals surface area contributed by atoms with E-state index in [1.54, 1.807) is 17.6 Å². The van der Waals surface area contributed by atoms with Gasteiger partial charge in [-0.1, -0.05) is 25.5 Å². The van der Waals surface area contributed by atoms with Crippen LogP contribution in [0.2, 0.25) is 0 Å². The molecular weight excluding hydrogens is 358 g/mol. The fourth-order valence-electron chi connectivity index (χ4n) is 2.67. The smallest absolute Gasteiger partial charge is 0.262 e. The van der Waals surface area contributed by atoms with E-state index in [2.05, 4.69) is 17.2 Å². The van der Waals surface area contributed by atoms with Crippen LogP contribution in [-0.4, -0.2) is 17.5 Å². The number of nitrogens with two attached hydrogens (primary N) is 1. The van der Waals surface area contributed by atoms with Crippen LogP contribution in [0.5, 0.6) is 5.75 Å². The first kappa shape index (κ1) is 18.9. The molecular formula is C21H23N3O2S. The first-order valence-corrected chi connectivity index (χ1v) is 9.89. The Hall–Kier alpha value is -2.86. The van der Waals surface area contributed by atoms with Gasteiger partial charge in [-0.25, -0.2) is 4.98 Å². The summed E-state index contributed by atoms with van der Waals surface area (Å²) in [6.45, 7) is 2.08. The molecule has 1 amide bonds. The fraction of sp³-hybridized carbons (Fsp3) is 0.238. The first-order chi connectivity index (χ1) is 13.2. The number of carbonyl (C=O) groups excluding carboxylic acids is 1. The Morgan fingerprint density at radius 1 is 1.22 bits per heavy atom. The molecule has 27 heavy (non-hydrogen) atoms. The molecule has 0 fully saturated rings. The molecule has 6 heteroatoms. The molecule has 0 saturated heterocycles. The molecule has 0 radical (unpaired) electrons. The third-order valence-corrected chi connectivity index (χ3v) is 4.74. The number of rotatable bonds is 8. The van der Waals surface area contributed by atoms with Crippen LogP contribution in [0.4, 0.5) is 11.4 Å². The molecule has 140 valence electrons. The second kappa shape index (κ2) is 9.19. The summed E-state index contributed by atoms with van der Waals surface area (Å²) in [5.74, 6) is 0.262. The normalized spacial score (nSPS) is 10.6. The molecule has 0 aliphatic heterocycles. The van der Waals surface area contributed by atoms with Gasteiger partial charge in [0.15, 0.2) is 6.61 Å². The largest absolute Gasteiger partial charge is 0.482 e. The van der Waals surface area contributed by atoms with Crippen molar-refractivity contribution in [2.75, 3.05) is 17.7 Å². The van der Waals surface area contributed by atoms with Crippen LogP contribution >= 0.6 is 11.3 Å². The van der Waals surface area contributed by atoms with E-state index in [-0.39, 0.29) is 12.5 Å². The van der Waals surface area contributed by atoms with Gasteiger partial charge in [-0.3, -0.25) is 4.79 Å². The molecule has 0 unspecified atom stereocenters. The van der Waals surface area contributed by atoms with Gasteiger partial charge in [-0.15, -0.1) is 11.3 Å². The lowest BCUT2D eigenvalue weighted by Crippen LogP contribution is -2.20. The molecule has 1 heterocycles. The van der Waals surface area contributed by atoms with Crippen molar-refractivity contribution >= 4 is 28.6 Å². The first-order valence-electron chi connectivity index (χ1n) is 8.95. The number of benzene rings is 2. The average molecular weight is 382 g/mol. The number of thiazole rings is 1. The van der Waals surface area contributed by atoms with Crippen LogP contribution in [0.3, 0.4) is 0 Å². The summed E-state index contributed by atoms with van der Waals surface area (Å²) < 4.78 is 5.57. The summed E-state index contributed by atoms with van der Waals surface area (Å²) in [6, 6.07) is 13.4. The molecule has 0 aliphatic rings. The minimum Gasteiger partial charge on any atom is -0.482 e. The summed E-state index contributed by atoms with van der Waals surface area (Å²) in [5.41, 5.74) is 12.1. The van der Waals surface area contributed by atoms with Crippen LogP contribution < -0.4 is 15.8 Å². The number of carbonyl (C=O) groups is 1. The SMILES string of the molecule is CCCCc1ccc(NC(=O)COc2ccc(-c3cscn3)cc2N)cc1. The summed E-state index contributed by atoms with van der Waals surface area (Å²) in [5, 5.41) is 4.79. The maximum absolute atomic E-state index is 12.1. The number of ether oxygens (including phenoxy) is 1. The molecule has 3 N–H and O–H groups in total. The number of hydrogen-bond acceptors (Lipinski definition) is 5. The van der Waals surface area contributed by atoms with Crippen molar-refractivity contribution in [3.05, 3.63) is 58.9 Å². The monoisotopic (exact) mass is 381 g/mol. The van der Waals surface area contributed by atoms with E-state index in [0.29, 0.717) is 11.4 Å². The number of nitrogen functional groups attached to an aromatic ring is 1. The zero-order chi connectivity index (χ0) is 19.1. The Kier molecular flexibility index (Phi) is 6.44. The van der Waals surface area contributed by atoms with E-state index in [0.717, 1.165) is 23.4 Å². The van der Waals surface area contributed by atoms with Crippen LogP contribution in [0.1, 0.15) is 25.3 Å². The molecule has 1 aromatic heterocycles. The van der Waals surface area contributed by atoms with E-state index in [1.165, 1.54) is 29.7 Å². The Morgan fingerprint density at radius 3 is 2.70 bits per heavy atom. The number of aryl methyl sites for hydroxylation is 1. The van der Waals surface area contributed by atoms with E-state index < -0.39 is 0 Å². The van der Waals surface area contributed by atoms with Crippen molar-refractivity contribution < 1.29 is 9.53 Å². The summed E-state index contributed by atoms with van der Waals surface area (Å²) >= 11 is 1.53. The number of amides is 1. The lowest BCUT2D eigenvalue weighted by molar-refractivity contribution is -0.118. The average Bonchev–Trinajstić information content (AvgIpc) is 3.21. The molecule has 2 aromatic carbocycles. The second-order valence-electron chi connectivity index (χ2n) is 6.26. The zero-order valence-corrected chi connectivity index (χ0v) is 16.1. The quantitative estimate of drug-likeness (QED) is 0.552. The molecule has 0 spiro atoms. The fourth-order valence-corrected chi connectivity index (χ4v) is 3.23. The highest BCUT2D eigenvalue weighted by Crippen LogP contribution is 2.28. The van der Waals surface area contributed by atoms with Gasteiger partial charge < -0.3 is 15.8 Å². The number of aromatic nitrogens is 1. The van der Waals surface area contributed by atoms with Gasteiger partial charge in [0.2, 0.25) is 0 Å². The molecule has 0 aliphatic carbocycles. The van der Waals surface area contributed by atoms with Crippen molar-refractivity contribution in [1.82, 2.24) is 4.98 Å². The standard InChI is InChI=1S/C21H23N3O2S/c1-2-3-4-15-5-8-17(9-6-15)24-21(25)12-26-20-10-7-16(11-18(20)22)19-13-27-14-23-19/h5-11,13-14H,2-4,12,22H2,1H3,(H,24,25). The predicted molar refractivity (Wildman–Crippen MR) is 111 cm³/mol. The van der Waals surface area contributed by atoms with E-state index in [1.807, 2.05) is 35.7 Å².